The first-order valence-electron chi connectivity index (χ1n) is 7.80. The van der Waals surface area contributed by atoms with Gasteiger partial charge in [0.1, 0.15) is 5.75 Å². The van der Waals surface area contributed by atoms with Crippen molar-refractivity contribution in [2.45, 2.75) is 39.3 Å². The van der Waals surface area contributed by atoms with Crippen LogP contribution in [0.25, 0.3) is 0 Å². The molecule has 24 heavy (non-hydrogen) atoms. The predicted molar refractivity (Wildman–Crippen MR) is 89.8 cm³/mol. The fraction of sp³-hybridized carbons (Fsp3) is 0.471. The van der Waals surface area contributed by atoms with Gasteiger partial charge in [-0.3, -0.25) is 14.4 Å². The summed E-state index contributed by atoms with van der Waals surface area (Å²) in [7, 11) is 0. The second-order valence-electron chi connectivity index (χ2n) is 6.72. The van der Waals surface area contributed by atoms with Gasteiger partial charge in [0, 0.05) is 12.5 Å². The van der Waals surface area contributed by atoms with Crippen LogP contribution >= 0.6 is 0 Å². The van der Waals surface area contributed by atoms with Crippen LogP contribution < -0.4 is 20.3 Å². The van der Waals surface area contributed by atoms with Crippen LogP contribution in [0.3, 0.4) is 0 Å². The molecule has 1 heterocycles. The van der Waals surface area contributed by atoms with Crippen LogP contribution in [0.1, 0.15) is 27.7 Å². The molecular weight excluding hydrogens is 310 g/mol. The first-order valence-corrected chi connectivity index (χ1v) is 7.80. The topological polar surface area (TPSA) is 87.7 Å². The van der Waals surface area contributed by atoms with E-state index in [4.69, 9.17) is 4.74 Å². The van der Waals surface area contributed by atoms with Gasteiger partial charge >= 0.3 is 0 Å². The highest BCUT2D eigenvalue weighted by Crippen LogP contribution is 2.33. The SMILES string of the molecule is CC(=O)N1CC(C(=O)NCC(=O)NC(C)(C)C)Oc2ccccc21. The second-order valence-corrected chi connectivity index (χ2v) is 6.72. The number of hydrogen-bond donors (Lipinski definition) is 2. The Morgan fingerprint density at radius 3 is 2.54 bits per heavy atom. The molecule has 0 bridgehead atoms. The minimum Gasteiger partial charge on any atom is -0.477 e. The van der Waals surface area contributed by atoms with E-state index in [0.29, 0.717) is 11.4 Å². The Balaban J connectivity index is 2.01. The summed E-state index contributed by atoms with van der Waals surface area (Å²) in [6.45, 7) is 6.99. The van der Waals surface area contributed by atoms with Crippen molar-refractivity contribution in [2.75, 3.05) is 18.0 Å². The molecule has 1 aromatic carbocycles. The van der Waals surface area contributed by atoms with Crippen molar-refractivity contribution >= 4 is 23.4 Å². The zero-order valence-corrected chi connectivity index (χ0v) is 14.4. The molecule has 2 rings (SSSR count). The van der Waals surface area contributed by atoms with Gasteiger partial charge in [-0.2, -0.15) is 0 Å². The molecule has 0 aromatic heterocycles. The summed E-state index contributed by atoms with van der Waals surface area (Å²) in [4.78, 5) is 37.4. The Kier molecular flexibility index (Phi) is 5.11. The molecule has 1 aliphatic rings. The molecule has 0 saturated carbocycles. The van der Waals surface area contributed by atoms with E-state index in [1.54, 1.807) is 24.3 Å². The first-order chi connectivity index (χ1) is 11.2. The summed E-state index contributed by atoms with van der Waals surface area (Å²) in [5.74, 6) is -0.414. The zero-order chi connectivity index (χ0) is 17.9. The number of nitrogens with zero attached hydrogens (tertiary/aromatic N) is 1. The molecule has 1 unspecified atom stereocenters. The van der Waals surface area contributed by atoms with E-state index in [9.17, 15) is 14.4 Å². The van der Waals surface area contributed by atoms with Gasteiger partial charge in [0.25, 0.3) is 5.91 Å². The van der Waals surface area contributed by atoms with Crippen molar-refractivity contribution in [1.82, 2.24) is 10.6 Å². The molecule has 7 heteroatoms. The number of anilines is 1. The van der Waals surface area contributed by atoms with Crippen molar-refractivity contribution in [2.24, 2.45) is 0 Å². The molecule has 1 aliphatic heterocycles. The fourth-order valence-corrected chi connectivity index (χ4v) is 2.41. The van der Waals surface area contributed by atoms with Crippen LogP contribution in [0.2, 0.25) is 0 Å². The number of fused-ring (bicyclic) bond motifs is 1. The lowest BCUT2D eigenvalue weighted by molar-refractivity contribution is -0.131. The molecule has 0 spiro atoms. The molecule has 0 aliphatic carbocycles. The van der Waals surface area contributed by atoms with Gasteiger partial charge in [-0.1, -0.05) is 12.1 Å². The fourth-order valence-electron chi connectivity index (χ4n) is 2.41. The number of carbonyl (C=O) groups is 3. The monoisotopic (exact) mass is 333 g/mol. The Morgan fingerprint density at radius 2 is 1.92 bits per heavy atom. The molecular formula is C17H23N3O4. The molecule has 0 fully saturated rings. The van der Waals surface area contributed by atoms with Gasteiger partial charge in [0.15, 0.2) is 6.10 Å². The van der Waals surface area contributed by atoms with Crippen molar-refractivity contribution in [3.05, 3.63) is 24.3 Å². The summed E-state index contributed by atoms with van der Waals surface area (Å²) in [6.07, 6.45) is -0.855. The summed E-state index contributed by atoms with van der Waals surface area (Å²) in [5.41, 5.74) is 0.271. The summed E-state index contributed by atoms with van der Waals surface area (Å²) >= 11 is 0. The lowest BCUT2D eigenvalue weighted by Gasteiger charge is -2.33. The largest absolute Gasteiger partial charge is 0.477 e. The number of nitrogens with one attached hydrogen (secondary N) is 2. The molecule has 1 aromatic rings. The third kappa shape index (κ3) is 4.47. The number of benzene rings is 1. The van der Waals surface area contributed by atoms with Gasteiger partial charge in [-0.15, -0.1) is 0 Å². The van der Waals surface area contributed by atoms with Gasteiger partial charge in [-0.05, 0) is 32.9 Å². The van der Waals surface area contributed by atoms with E-state index in [-0.39, 0.29) is 30.4 Å². The Hall–Kier alpha value is -2.57. The summed E-state index contributed by atoms with van der Waals surface area (Å²) in [5, 5.41) is 5.31. The van der Waals surface area contributed by atoms with Crippen molar-refractivity contribution in [3.8, 4) is 5.75 Å². The van der Waals surface area contributed by atoms with Gasteiger partial charge in [0.05, 0.1) is 18.8 Å². The first kappa shape index (κ1) is 17.8. The zero-order valence-electron chi connectivity index (χ0n) is 14.4. The molecule has 0 radical (unpaired) electrons. The van der Waals surface area contributed by atoms with E-state index < -0.39 is 12.0 Å². The van der Waals surface area contributed by atoms with E-state index in [1.165, 1.54) is 11.8 Å². The maximum absolute atomic E-state index is 12.3. The normalized spacial score (nSPS) is 16.7. The van der Waals surface area contributed by atoms with Crippen LogP contribution in [0.15, 0.2) is 24.3 Å². The lowest BCUT2D eigenvalue weighted by Crippen LogP contribution is -2.52. The maximum atomic E-state index is 12.3. The summed E-state index contributed by atoms with van der Waals surface area (Å²) in [6, 6.07) is 7.04. The highest BCUT2D eigenvalue weighted by Gasteiger charge is 2.32. The Bertz CT molecular complexity index is 651. The quantitative estimate of drug-likeness (QED) is 0.858. The van der Waals surface area contributed by atoms with Gasteiger partial charge < -0.3 is 20.3 Å². The third-order valence-corrected chi connectivity index (χ3v) is 3.38. The average Bonchev–Trinajstić information content (AvgIpc) is 2.49. The maximum Gasteiger partial charge on any atom is 0.263 e. The molecule has 130 valence electrons. The standard InChI is InChI=1S/C17H23N3O4/c1-11(21)20-10-14(24-13-8-6-5-7-12(13)20)16(23)18-9-15(22)19-17(2,3)4/h5-8,14H,9-10H2,1-4H3,(H,18,23)(H,19,22). The van der Waals surface area contributed by atoms with E-state index >= 15 is 0 Å². The Labute approximate surface area is 141 Å². The van der Waals surface area contributed by atoms with Crippen LogP contribution in [0.4, 0.5) is 5.69 Å². The smallest absolute Gasteiger partial charge is 0.263 e. The van der Waals surface area contributed by atoms with Crippen molar-refractivity contribution in [3.63, 3.8) is 0 Å². The molecule has 2 N–H and O–H groups in total. The number of rotatable bonds is 3. The molecule has 1 atom stereocenters. The number of hydrogen-bond acceptors (Lipinski definition) is 4. The van der Waals surface area contributed by atoms with Crippen LogP contribution in [-0.4, -0.2) is 42.5 Å². The highest BCUT2D eigenvalue weighted by molar-refractivity contribution is 5.96. The molecule has 3 amide bonds. The van der Waals surface area contributed by atoms with Crippen LogP contribution in [0, 0.1) is 0 Å². The predicted octanol–water partition coefficient (Wildman–Crippen LogP) is 0.831. The van der Waals surface area contributed by atoms with Crippen LogP contribution in [-0.2, 0) is 14.4 Å². The minimum absolute atomic E-state index is 0.110. The van der Waals surface area contributed by atoms with E-state index in [0.717, 1.165) is 0 Å². The number of ether oxygens (including phenoxy) is 1. The van der Waals surface area contributed by atoms with Gasteiger partial charge in [0.2, 0.25) is 11.8 Å². The van der Waals surface area contributed by atoms with E-state index in [2.05, 4.69) is 10.6 Å². The van der Waals surface area contributed by atoms with Crippen molar-refractivity contribution < 1.29 is 19.1 Å². The van der Waals surface area contributed by atoms with Crippen LogP contribution in [0.5, 0.6) is 5.75 Å². The van der Waals surface area contributed by atoms with Crippen molar-refractivity contribution in [1.29, 1.82) is 0 Å². The minimum atomic E-state index is -0.855. The van der Waals surface area contributed by atoms with Gasteiger partial charge in [-0.25, -0.2) is 0 Å². The lowest BCUT2D eigenvalue weighted by atomic mass is 10.1. The summed E-state index contributed by atoms with van der Waals surface area (Å²) < 4.78 is 5.67. The number of carbonyl (C=O) groups excluding carboxylic acids is 3. The molecule has 0 saturated heterocycles. The Morgan fingerprint density at radius 1 is 1.25 bits per heavy atom. The average molecular weight is 333 g/mol. The highest BCUT2D eigenvalue weighted by atomic mass is 16.5. The third-order valence-electron chi connectivity index (χ3n) is 3.38. The number of amides is 3. The molecule has 7 nitrogen and oxygen atoms in total. The number of para-hydroxylation sites is 2. The van der Waals surface area contributed by atoms with E-state index in [1.807, 2.05) is 20.8 Å². The second kappa shape index (κ2) is 6.90.